The van der Waals surface area contributed by atoms with Crippen molar-refractivity contribution in [3.63, 3.8) is 0 Å². The molecule has 0 amide bonds. The van der Waals surface area contributed by atoms with Gasteiger partial charge in [-0.25, -0.2) is 8.78 Å². The molecule has 0 saturated heterocycles. The van der Waals surface area contributed by atoms with E-state index in [1.807, 2.05) is 13.8 Å². The average Bonchev–Trinajstić information content (AvgIpc) is 1.52. The molecular formula is C88H98F2N2O4Si2. The Morgan fingerprint density at radius 3 is 1.06 bits per heavy atom. The van der Waals surface area contributed by atoms with E-state index in [1.54, 1.807) is 0 Å². The number of halogens is 2. The van der Waals surface area contributed by atoms with Crippen molar-refractivity contribution in [1.29, 1.82) is 0 Å². The lowest BCUT2D eigenvalue weighted by molar-refractivity contribution is 0.265. The molecule has 10 aromatic carbocycles. The molecule has 0 aliphatic rings. The highest BCUT2D eigenvalue weighted by Gasteiger charge is 2.35. The number of phenolic OH excluding ortho intramolecular Hbond substituents is 2. The summed E-state index contributed by atoms with van der Waals surface area (Å²) in [6.07, 6.45) is 2.79. The van der Waals surface area contributed by atoms with E-state index in [0.717, 1.165) is 78.7 Å². The standard InChI is InChI=1S/C88H98F2N2O4Si2/c1-55-31-35-67-69-37-33-65(97(15,16)63-27-21-19-22-28-63)51-77(69)91(75(67)41-55)79-47-59(87(11,12)53-85(5,6)7)45-71(81(79)93)73-49-61(89)43-57(3)83(73)95-39-25-26-40-96-84-58(4)44-62(90)50-74(84)72-46-60(88(13,14)54-86(8,9)10)48-80(82(72)94)92-76-42-56(2)32-36-68(76)70-38-34-66(52-78(70)92)98(17,18)64-29-23-20-24-30-64/h19-24,27-38,41-52,93-94H,25-26,39-40,53-54H2,1-18H3. The van der Waals surface area contributed by atoms with Gasteiger partial charge < -0.3 is 28.8 Å². The molecule has 0 aliphatic carbocycles. The summed E-state index contributed by atoms with van der Waals surface area (Å²) in [6.45, 7) is 40.6. The summed E-state index contributed by atoms with van der Waals surface area (Å²) >= 11 is 0. The molecule has 2 N–H and O–H groups in total. The number of aryl methyl sites for hydroxylation is 4. The van der Waals surface area contributed by atoms with Crippen molar-refractivity contribution in [3.8, 4) is 56.6 Å². The lowest BCUT2D eigenvalue weighted by atomic mass is 9.71. The van der Waals surface area contributed by atoms with Crippen molar-refractivity contribution in [2.45, 2.75) is 160 Å². The molecule has 2 aromatic heterocycles. The second kappa shape index (κ2) is 25.9. The van der Waals surface area contributed by atoms with E-state index in [9.17, 15) is 10.2 Å². The Balaban J connectivity index is 0.903. The summed E-state index contributed by atoms with van der Waals surface area (Å²) in [5.74, 6) is 0.181. The molecule has 0 radical (unpaired) electrons. The van der Waals surface area contributed by atoms with Gasteiger partial charge in [0, 0.05) is 43.8 Å². The second-order valence-corrected chi connectivity index (χ2v) is 41.6. The molecule has 0 unspecified atom stereocenters. The molecule has 0 saturated carbocycles. The summed E-state index contributed by atoms with van der Waals surface area (Å²) in [7, 11) is -4.40. The Hall–Kier alpha value is -8.71. The van der Waals surface area contributed by atoms with Crippen molar-refractivity contribution in [1.82, 2.24) is 9.13 Å². The van der Waals surface area contributed by atoms with Crippen molar-refractivity contribution in [2.24, 2.45) is 10.8 Å². The SMILES string of the molecule is Cc1ccc2c3ccc([Si](C)(C)c4ccccc4)cc3n(-c3cc(C(C)(C)CC(C)(C)C)cc(-c4cc(F)cc(C)c4OCCCCOc4c(C)cc(F)cc4-c4cc(C(C)(C)CC(C)(C)C)cc(-n5c6cc(C)ccc6c6ccc([Si](C)(C)c7ccccc7)cc65)c4O)c3O)c2c1. The Labute approximate surface area is 582 Å². The molecule has 0 fully saturated rings. The summed E-state index contributed by atoms with van der Waals surface area (Å²) < 4.78 is 50.7. The van der Waals surface area contributed by atoms with Crippen LogP contribution >= 0.6 is 0 Å². The fourth-order valence-electron chi connectivity index (χ4n) is 16.0. The van der Waals surface area contributed by atoms with Crippen LogP contribution in [-0.4, -0.2) is 48.7 Å². The van der Waals surface area contributed by atoms with E-state index in [4.69, 9.17) is 9.47 Å². The monoisotopic (exact) mass is 1340 g/mol. The molecular weight excluding hydrogens is 1240 g/mol. The first-order valence-corrected chi connectivity index (χ1v) is 41.0. The number of aromatic nitrogens is 2. The molecule has 0 atom stereocenters. The third-order valence-electron chi connectivity index (χ3n) is 20.5. The summed E-state index contributed by atoms with van der Waals surface area (Å²) in [4.78, 5) is 0. The number of benzene rings is 10. The third-order valence-corrected chi connectivity index (χ3v) is 27.6. The van der Waals surface area contributed by atoms with Crippen LogP contribution in [0.25, 0.3) is 77.2 Å². The van der Waals surface area contributed by atoms with E-state index in [0.29, 0.717) is 69.1 Å². The van der Waals surface area contributed by atoms with Crippen LogP contribution < -0.4 is 30.2 Å². The first-order chi connectivity index (χ1) is 46.1. The molecule has 0 spiro atoms. The number of phenols is 2. The van der Waals surface area contributed by atoms with Crippen molar-refractivity contribution in [2.75, 3.05) is 13.2 Å². The zero-order valence-corrected chi connectivity index (χ0v) is 62.9. The molecule has 0 aliphatic heterocycles. The Kier molecular flexibility index (Phi) is 18.3. The number of hydrogen-bond donors (Lipinski definition) is 2. The topological polar surface area (TPSA) is 68.8 Å². The smallest absolute Gasteiger partial charge is 0.147 e. The minimum Gasteiger partial charge on any atom is -0.505 e. The largest absolute Gasteiger partial charge is 0.505 e. The van der Waals surface area contributed by atoms with Crippen LogP contribution in [0, 0.1) is 50.2 Å². The molecule has 506 valence electrons. The van der Waals surface area contributed by atoms with Gasteiger partial charge >= 0.3 is 0 Å². The molecule has 0 bridgehead atoms. The van der Waals surface area contributed by atoms with Gasteiger partial charge in [-0.2, -0.15) is 0 Å². The van der Waals surface area contributed by atoms with E-state index in [2.05, 4.69) is 276 Å². The maximum atomic E-state index is 16.3. The summed E-state index contributed by atoms with van der Waals surface area (Å²) in [5.41, 5.74) is 11.7. The van der Waals surface area contributed by atoms with Gasteiger partial charge in [-0.3, -0.25) is 0 Å². The number of fused-ring (bicyclic) bond motifs is 6. The van der Waals surface area contributed by atoms with Crippen molar-refractivity contribution in [3.05, 3.63) is 227 Å². The van der Waals surface area contributed by atoms with Gasteiger partial charge in [-0.1, -0.05) is 225 Å². The van der Waals surface area contributed by atoms with Crippen LogP contribution in [0.1, 0.15) is 128 Å². The van der Waals surface area contributed by atoms with Crippen LogP contribution in [0.2, 0.25) is 26.2 Å². The number of rotatable bonds is 19. The van der Waals surface area contributed by atoms with Gasteiger partial charge in [0.2, 0.25) is 0 Å². The number of aromatic hydroxyl groups is 2. The fourth-order valence-corrected chi connectivity index (χ4v) is 20.7. The molecule has 98 heavy (non-hydrogen) atoms. The zero-order chi connectivity index (χ0) is 70.3. The minimum atomic E-state index is -2.20. The highest BCUT2D eigenvalue weighted by Crippen LogP contribution is 2.50. The highest BCUT2D eigenvalue weighted by molar-refractivity contribution is 7.01. The van der Waals surface area contributed by atoms with Gasteiger partial charge in [0.15, 0.2) is 0 Å². The molecule has 12 aromatic rings. The van der Waals surface area contributed by atoms with Crippen LogP contribution in [0.5, 0.6) is 23.0 Å². The van der Waals surface area contributed by atoms with Crippen LogP contribution in [-0.2, 0) is 10.8 Å². The normalized spacial score (nSPS) is 12.8. The summed E-state index contributed by atoms with van der Waals surface area (Å²) in [5, 5.41) is 36.0. The number of ether oxygens (including phenoxy) is 2. The van der Waals surface area contributed by atoms with Gasteiger partial charge in [0.1, 0.15) is 50.8 Å². The number of unbranched alkanes of at least 4 members (excludes halogenated alkanes) is 1. The quantitative estimate of drug-likeness (QED) is 0.0625. The first kappa shape index (κ1) is 69.2. The molecule has 6 nitrogen and oxygen atoms in total. The van der Waals surface area contributed by atoms with Gasteiger partial charge in [0.05, 0.1) is 46.7 Å². The van der Waals surface area contributed by atoms with E-state index >= 15 is 8.78 Å². The van der Waals surface area contributed by atoms with Gasteiger partial charge in [-0.05, 0) is 181 Å². The van der Waals surface area contributed by atoms with Crippen LogP contribution in [0.4, 0.5) is 8.78 Å². The van der Waals surface area contributed by atoms with Crippen LogP contribution in [0.3, 0.4) is 0 Å². The zero-order valence-electron chi connectivity index (χ0n) is 60.9. The summed E-state index contributed by atoms with van der Waals surface area (Å²) in [6, 6.07) is 62.8. The molecule has 12 rings (SSSR count). The molecule has 2 heterocycles. The Morgan fingerprint density at radius 2 is 0.714 bits per heavy atom. The number of nitrogens with zero attached hydrogens (tertiary/aromatic N) is 2. The molecule has 10 heteroatoms. The average molecular weight is 1340 g/mol. The van der Waals surface area contributed by atoms with Crippen molar-refractivity contribution < 1.29 is 28.5 Å². The maximum absolute atomic E-state index is 16.3. The third kappa shape index (κ3) is 13.4. The van der Waals surface area contributed by atoms with E-state index in [-0.39, 0.29) is 46.4 Å². The fraction of sp³-hybridized carbons (Fsp3) is 0.318. The second-order valence-electron chi connectivity index (χ2n) is 32.8. The van der Waals surface area contributed by atoms with Gasteiger partial charge in [-0.15, -0.1) is 0 Å². The van der Waals surface area contributed by atoms with E-state index in [1.165, 1.54) is 45.0 Å². The first-order valence-electron chi connectivity index (χ1n) is 35.0. The lowest BCUT2D eigenvalue weighted by Gasteiger charge is -2.34. The Morgan fingerprint density at radius 1 is 0.378 bits per heavy atom. The number of hydrogen-bond acceptors (Lipinski definition) is 4. The van der Waals surface area contributed by atoms with Crippen LogP contribution in [0.15, 0.2) is 182 Å². The Bertz CT molecular complexity index is 4730. The predicted molar refractivity (Wildman–Crippen MR) is 415 cm³/mol. The minimum absolute atomic E-state index is 0.0319. The predicted octanol–water partition coefficient (Wildman–Crippen LogP) is 21.4. The maximum Gasteiger partial charge on any atom is 0.147 e. The highest BCUT2D eigenvalue weighted by atomic mass is 28.3. The van der Waals surface area contributed by atoms with Crippen molar-refractivity contribution >= 4 is 80.5 Å². The van der Waals surface area contributed by atoms with E-state index < -0.39 is 27.8 Å². The lowest BCUT2D eigenvalue weighted by Crippen LogP contribution is -2.52. The van der Waals surface area contributed by atoms with Gasteiger partial charge in [0.25, 0.3) is 0 Å².